The van der Waals surface area contributed by atoms with Crippen LogP contribution in [0.4, 0.5) is 10.1 Å². The van der Waals surface area contributed by atoms with E-state index < -0.39 is 5.67 Å². The predicted octanol–water partition coefficient (Wildman–Crippen LogP) is 5.69. The van der Waals surface area contributed by atoms with Crippen molar-refractivity contribution in [1.82, 2.24) is 0 Å². The van der Waals surface area contributed by atoms with Crippen molar-refractivity contribution in [2.75, 3.05) is 5.32 Å². The van der Waals surface area contributed by atoms with Crippen molar-refractivity contribution < 1.29 is 27.5 Å². The number of ether oxygens (including phenoxy) is 1. The Labute approximate surface area is 159 Å². The highest BCUT2D eigenvalue weighted by Gasteiger charge is 2.45. The molecule has 0 saturated carbocycles. The van der Waals surface area contributed by atoms with Crippen LogP contribution in [0.5, 0.6) is 11.5 Å². The Morgan fingerprint density at radius 3 is 2.57 bits per heavy atom. The summed E-state index contributed by atoms with van der Waals surface area (Å²) < 4.78 is 37.1. The molecule has 0 amide bonds. The first-order chi connectivity index (χ1) is 13.1. The predicted molar refractivity (Wildman–Crippen MR) is 100 cm³/mol. The van der Waals surface area contributed by atoms with Gasteiger partial charge in [0.2, 0.25) is 16.8 Å². The van der Waals surface area contributed by atoms with Crippen LogP contribution in [0, 0.1) is 6.92 Å². The molecule has 3 heterocycles. The van der Waals surface area contributed by atoms with Gasteiger partial charge in [0.15, 0.2) is 6.29 Å². The summed E-state index contributed by atoms with van der Waals surface area (Å²) in [5.41, 5.74) is -0.943. The third-order valence-electron chi connectivity index (χ3n) is 4.68. The highest BCUT2D eigenvalue weighted by atomic mass is 19.1. The van der Waals surface area contributed by atoms with Gasteiger partial charge in [-0.3, -0.25) is 13.9 Å². The number of fused-ring (bicyclic) bond motifs is 3. The number of benzene rings is 2. The average molecular weight is 383 g/mol. The highest BCUT2D eigenvalue weighted by Crippen LogP contribution is 2.52. The maximum Gasteiger partial charge on any atom is 0.229 e. The number of hydrogen-bond acceptors (Lipinski definition) is 6. The number of anilines is 1. The number of carbonyl (C=O) groups excluding carboxylic acids is 1. The Morgan fingerprint density at radius 2 is 1.89 bits per heavy atom. The zero-order chi connectivity index (χ0) is 18.6. The molecule has 1 aliphatic rings. The summed E-state index contributed by atoms with van der Waals surface area (Å²) in [5, 5.41) is 3.13. The van der Waals surface area contributed by atoms with E-state index >= 15 is 4.39 Å². The van der Waals surface area contributed by atoms with Gasteiger partial charge in [-0.25, -0.2) is 4.39 Å². The molecule has 2 aromatic heterocycles. The molecule has 144 valence electrons. The van der Waals surface area contributed by atoms with Gasteiger partial charge in [-0.15, -0.1) is 0 Å². The molecule has 5 rings (SSSR count). The lowest BCUT2D eigenvalue weighted by Gasteiger charge is -2.31. The summed E-state index contributed by atoms with van der Waals surface area (Å²) in [4.78, 5) is 11.9. The highest BCUT2D eigenvalue weighted by molar-refractivity contribution is 5.86. The maximum atomic E-state index is 16.0. The molecule has 0 bridgehead atoms. The SMILES string of the molecule is C.Cc1ccc(CNc2cccc3c2C(F)(C=O)c2cc4ooc4cc2O3)o1. The summed E-state index contributed by atoms with van der Waals surface area (Å²) in [5.74, 6) is 1.97. The van der Waals surface area contributed by atoms with Gasteiger partial charge in [-0.05, 0) is 31.2 Å². The molecule has 1 aliphatic heterocycles. The first-order valence-corrected chi connectivity index (χ1v) is 8.37. The minimum Gasteiger partial charge on any atom is -0.465 e. The molecular formula is C21H18FNO5. The van der Waals surface area contributed by atoms with Gasteiger partial charge in [-0.2, -0.15) is 0 Å². The number of halogens is 1. The fourth-order valence-electron chi connectivity index (χ4n) is 3.37. The number of carbonyl (C=O) groups is 1. The van der Waals surface area contributed by atoms with Gasteiger partial charge in [0.25, 0.3) is 0 Å². The van der Waals surface area contributed by atoms with E-state index in [-0.39, 0.29) is 36.3 Å². The van der Waals surface area contributed by atoms with Crippen molar-refractivity contribution in [3.05, 3.63) is 65.1 Å². The van der Waals surface area contributed by atoms with Crippen LogP contribution in [-0.2, 0) is 17.0 Å². The smallest absolute Gasteiger partial charge is 0.229 e. The topological polar surface area (TPSA) is 77.8 Å². The van der Waals surface area contributed by atoms with Crippen LogP contribution in [0.1, 0.15) is 30.1 Å². The van der Waals surface area contributed by atoms with Crippen molar-refractivity contribution in [3.8, 4) is 11.5 Å². The largest absolute Gasteiger partial charge is 0.465 e. The number of aryl methyl sites for hydroxylation is 1. The standard InChI is InChI=1S/C20H14FNO5.CH4/c1-11-5-6-12(24-11)9-22-14-3-2-4-15-19(14)20(21,10-23)13-7-17-18(27-26-17)8-16(13)25-15;/h2-8,10,22H,9H2,1H3;1H4. The zero-order valence-electron chi connectivity index (χ0n) is 14.2. The molecule has 6 nitrogen and oxygen atoms in total. The minimum atomic E-state index is -2.39. The summed E-state index contributed by atoms with van der Waals surface area (Å²) >= 11 is 0. The van der Waals surface area contributed by atoms with Crippen molar-refractivity contribution >= 4 is 23.1 Å². The van der Waals surface area contributed by atoms with Crippen molar-refractivity contribution in [3.63, 3.8) is 0 Å². The van der Waals surface area contributed by atoms with E-state index in [4.69, 9.17) is 18.3 Å². The van der Waals surface area contributed by atoms with Gasteiger partial charge in [0.05, 0.1) is 12.1 Å². The monoisotopic (exact) mass is 383 g/mol. The van der Waals surface area contributed by atoms with E-state index in [2.05, 4.69) is 5.32 Å². The van der Waals surface area contributed by atoms with Crippen molar-refractivity contribution in [2.45, 2.75) is 26.6 Å². The molecule has 0 spiro atoms. The maximum absolute atomic E-state index is 16.0. The van der Waals surface area contributed by atoms with Crippen LogP contribution in [0.15, 0.2) is 56.0 Å². The first kappa shape index (κ1) is 17.9. The van der Waals surface area contributed by atoms with E-state index in [1.54, 1.807) is 18.2 Å². The summed E-state index contributed by atoms with van der Waals surface area (Å²) in [6.45, 7) is 2.19. The minimum absolute atomic E-state index is 0. The molecule has 0 fully saturated rings. The Hall–Kier alpha value is -3.48. The first-order valence-electron chi connectivity index (χ1n) is 8.37. The van der Waals surface area contributed by atoms with Gasteiger partial charge < -0.3 is 14.5 Å². The zero-order valence-corrected chi connectivity index (χ0v) is 14.2. The van der Waals surface area contributed by atoms with Crippen molar-refractivity contribution in [2.24, 2.45) is 0 Å². The number of alkyl halides is 1. The molecule has 0 radical (unpaired) electrons. The number of hydrogen-bond donors (Lipinski definition) is 1. The molecular weight excluding hydrogens is 365 g/mol. The van der Waals surface area contributed by atoms with Crippen LogP contribution in [0.25, 0.3) is 11.2 Å². The van der Waals surface area contributed by atoms with Crippen LogP contribution in [-0.4, -0.2) is 6.29 Å². The number of aldehydes is 1. The number of nitrogens with one attached hydrogen (secondary N) is 1. The van der Waals surface area contributed by atoms with Crippen LogP contribution in [0.3, 0.4) is 0 Å². The normalized spacial score (nSPS) is 17.4. The lowest BCUT2D eigenvalue weighted by atomic mass is 9.84. The van der Waals surface area contributed by atoms with E-state index in [1.165, 1.54) is 12.1 Å². The number of furan rings is 1. The Kier molecular flexibility index (Phi) is 4.03. The van der Waals surface area contributed by atoms with E-state index in [9.17, 15) is 4.79 Å². The van der Waals surface area contributed by atoms with Gasteiger partial charge in [0, 0.05) is 23.4 Å². The van der Waals surface area contributed by atoms with E-state index in [1.807, 2.05) is 19.1 Å². The Morgan fingerprint density at radius 1 is 1.11 bits per heavy atom. The van der Waals surface area contributed by atoms with Crippen molar-refractivity contribution in [1.29, 1.82) is 0 Å². The second-order valence-corrected chi connectivity index (χ2v) is 6.44. The van der Waals surface area contributed by atoms with Crippen LogP contribution in [0.2, 0.25) is 0 Å². The quantitative estimate of drug-likeness (QED) is 0.360. The fourth-order valence-corrected chi connectivity index (χ4v) is 3.37. The third kappa shape index (κ3) is 2.51. The third-order valence-corrected chi connectivity index (χ3v) is 4.68. The lowest BCUT2D eigenvalue weighted by Crippen LogP contribution is -2.29. The Bertz CT molecular complexity index is 1170. The summed E-state index contributed by atoms with van der Waals surface area (Å²) in [6.07, 6.45) is 0.279. The number of rotatable bonds is 4. The lowest BCUT2D eigenvalue weighted by molar-refractivity contribution is -0.116. The molecule has 1 unspecified atom stereocenters. The van der Waals surface area contributed by atoms with Crippen LogP contribution >= 0.6 is 0 Å². The van der Waals surface area contributed by atoms with Gasteiger partial charge in [0.1, 0.15) is 23.0 Å². The van der Waals surface area contributed by atoms with Crippen LogP contribution < -0.4 is 10.1 Å². The molecule has 1 atom stereocenters. The molecule has 2 aromatic carbocycles. The molecule has 7 heteroatoms. The van der Waals surface area contributed by atoms with Gasteiger partial charge >= 0.3 is 0 Å². The van der Waals surface area contributed by atoms with E-state index in [0.717, 1.165) is 5.76 Å². The van der Waals surface area contributed by atoms with Gasteiger partial charge in [-0.1, -0.05) is 13.5 Å². The molecule has 0 saturated heterocycles. The fraction of sp³-hybridized carbons (Fsp3) is 0.190. The van der Waals surface area contributed by atoms with E-state index in [0.29, 0.717) is 29.2 Å². The second-order valence-electron chi connectivity index (χ2n) is 6.44. The molecule has 4 aromatic rings. The second kappa shape index (κ2) is 6.30. The summed E-state index contributed by atoms with van der Waals surface area (Å²) in [6, 6.07) is 11.7. The Balaban J connectivity index is 0.00000192. The molecule has 0 aliphatic carbocycles. The summed E-state index contributed by atoms with van der Waals surface area (Å²) in [7, 11) is 0. The molecule has 1 N–H and O–H groups in total. The average Bonchev–Trinajstić information content (AvgIpc) is 3.07. The molecule has 28 heavy (non-hydrogen) atoms.